The van der Waals surface area contributed by atoms with Crippen molar-refractivity contribution in [2.45, 2.75) is 507 Å². The number of aliphatic hydroxyl groups is 8. The first-order chi connectivity index (χ1) is 61.4. The molecule has 740 valence electrons. The van der Waals surface area contributed by atoms with E-state index in [1.165, 1.54) is 231 Å². The minimum absolute atomic E-state index is 0.0000147. The summed E-state index contributed by atoms with van der Waals surface area (Å²) in [6, 6.07) is 0. The van der Waals surface area contributed by atoms with Crippen LogP contribution in [0.25, 0.3) is 0 Å². The second-order valence-corrected chi connectivity index (χ2v) is 59.7. The minimum atomic E-state index is -0.181. The second kappa shape index (κ2) is 33.7. The smallest absolute Gasteiger partial charge is 0.0577 e. The van der Waals surface area contributed by atoms with Crippen molar-refractivity contribution in [3.8, 4) is 0 Å². The van der Waals surface area contributed by atoms with Crippen molar-refractivity contribution in [1.82, 2.24) is 0 Å². The van der Waals surface area contributed by atoms with E-state index in [2.05, 4.69) is 125 Å². The quantitative estimate of drug-likeness (QED) is 0.119. The lowest BCUT2D eigenvalue weighted by molar-refractivity contribution is -0.170. The Bertz CT molecular complexity index is 3720. The molecule has 26 aliphatic carbocycles. The Hall–Kier alpha value is -0.320. The van der Waals surface area contributed by atoms with Crippen LogP contribution in [0.3, 0.4) is 0 Å². The Morgan fingerprint density at radius 1 is 0.162 bits per heavy atom. The number of hydrogen-bond acceptors (Lipinski definition) is 8. The minimum Gasteiger partial charge on any atom is -0.393 e. The molecular formula is C122H204O8. The van der Waals surface area contributed by atoms with Crippen LogP contribution < -0.4 is 0 Å². The molecule has 26 aliphatic rings. The lowest BCUT2D eigenvalue weighted by Crippen LogP contribution is -2.58. The van der Waals surface area contributed by atoms with Crippen LogP contribution >= 0.6 is 0 Å². The molecule has 26 saturated carbocycles. The van der Waals surface area contributed by atoms with Gasteiger partial charge in [0, 0.05) is 0 Å². The summed E-state index contributed by atoms with van der Waals surface area (Å²) < 4.78 is 0. The van der Waals surface area contributed by atoms with Gasteiger partial charge in [0.1, 0.15) is 0 Å². The van der Waals surface area contributed by atoms with Crippen LogP contribution in [-0.2, 0) is 0 Å². The first kappa shape index (κ1) is 95.8. The van der Waals surface area contributed by atoms with E-state index in [-0.39, 0.29) is 59.7 Å². The van der Waals surface area contributed by atoms with Crippen molar-refractivity contribution in [3.05, 3.63) is 0 Å². The molecule has 0 bridgehead atoms. The number of aliphatic hydroxyl groups excluding tert-OH is 8. The molecule has 0 aromatic carbocycles. The predicted octanol–water partition coefficient (Wildman–Crippen LogP) is 28.1. The van der Waals surface area contributed by atoms with Gasteiger partial charge in [0.2, 0.25) is 0 Å². The van der Waals surface area contributed by atoms with Crippen molar-refractivity contribution < 1.29 is 40.9 Å². The van der Waals surface area contributed by atoms with Crippen LogP contribution in [0.2, 0.25) is 0 Å². The van der Waals surface area contributed by atoms with Crippen molar-refractivity contribution in [2.24, 2.45) is 253 Å². The molecule has 18 unspecified atom stereocenters. The molecule has 0 heterocycles. The summed E-state index contributed by atoms with van der Waals surface area (Å²) >= 11 is 0. The highest BCUT2D eigenvalue weighted by molar-refractivity contribution is 5.26. The Labute approximate surface area is 796 Å². The van der Waals surface area contributed by atoms with E-state index in [9.17, 15) is 40.9 Å². The zero-order chi connectivity index (χ0) is 91.7. The molecule has 26 fully saturated rings. The average molecular weight is 1800 g/mol. The standard InChI is InChI=1S/2C21H34O.2C20H34O2.2C20H34O/c2*1-13-4-5-17-16-10-14-11-21(14)12-15(22)6-9-20(21,3)18(16)7-8-19(13,17)2;2*1-12-4-5-15-14-11-18(22)17-10-13(21)6-8-20(17,3)16(14)7-9-19(12,15)2;2*1-13-4-7-17-16-6-5-14-12-15(21)8-10-20(14,3)18(16)9-11-19(13,17)2/h2*13-18,22H,4-12H2,1-3H3;2*12-18,21-22H,4-11H2,1-3H3;2*13-18,21H,4-12H2,1-3H3/t13-,14+,15-,16?,17?,18?,19+,20+,21+;13-,14-,15-,16?,17?,18?,19+,20+,21-;12-,13-,14?,15?,16?,17+,18-,19+,20+;12-,13-,14?,15?,16?,17-,18+,19+,20+;13-,14+,15-,16?,17?,18?,19+,20-;13-,14-,15-,16?,17?,18?,19+,20-/m000000/s1. The summed E-state index contributed by atoms with van der Waals surface area (Å²) in [7, 11) is 0. The zero-order valence-corrected chi connectivity index (χ0v) is 87.3. The summed E-state index contributed by atoms with van der Waals surface area (Å²) in [6.45, 7) is 46.0. The summed E-state index contributed by atoms with van der Waals surface area (Å²) in [5.74, 6) is 26.4. The maximum Gasteiger partial charge on any atom is 0.0577 e. The Morgan fingerprint density at radius 2 is 0.392 bits per heavy atom. The molecule has 26 rings (SSSR count). The third-order valence-electron chi connectivity index (χ3n) is 57.0. The lowest BCUT2D eigenvalue weighted by atomic mass is 9.44. The fourth-order valence-corrected chi connectivity index (χ4v) is 47.4. The Balaban J connectivity index is 0.0000000944. The molecule has 0 amide bonds. The van der Waals surface area contributed by atoms with Gasteiger partial charge >= 0.3 is 0 Å². The van der Waals surface area contributed by atoms with Crippen molar-refractivity contribution in [3.63, 3.8) is 0 Å². The average Bonchev–Trinajstić information content (AvgIpc) is 1.50. The lowest BCUT2D eigenvalue weighted by Gasteiger charge is -2.62. The van der Waals surface area contributed by atoms with E-state index >= 15 is 0 Å². The third kappa shape index (κ3) is 14.4. The van der Waals surface area contributed by atoms with E-state index in [4.69, 9.17) is 0 Å². The summed E-state index contributed by atoms with van der Waals surface area (Å²) in [4.78, 5) is 0. The molecule has 8 heteroatoms. The normalized spacial score (nSPS) is 62.4. The zero-order valence-electron chi connectivity index (χ0n) is 87.3. The van der Waals surface area contributed by atoms with Crippen molar-refractivity contribution >= 4 is 0 Å². The molecule has 0 aromatic heterocycles. The topological polar surface area (TPSA) is 162 Å². The molecule has 0 aromatic rings. The van der Waals surface area contributed by atoms with Gasteiger partial charge in [0.25, 0.3) is 0 Å². The first-order valence-corrected chi connectivity index (χ1v) is 58.9. The molecule has 0 aliphatic heterocycles. The van der Waals surface area contributed by atoms with Crippen LogP contribution in [0.15, 0.2) is 0 Å². The molecule has 2 spiro atoms. The highest BCUT2D eigenvalue weighted by Crippen LogP contribution is 2.84. The van der Waals surface area contributed by atoms with Gasteiger partial charge in [-0.25, -0.2) is 0 Å². The van der Waals surface area contributed by atoms with Crippen molar-refractivity contribution in [1.29, 1.82) is 0 Å². The van der Waals surface area contributed by atoms with Gasteiger partial charge in [-0.1, -0.05) is 125 Å². The van der Waals surface area contributed by atoms with E-state index in [0.717, 1.165) is 268 Å². The van der Waals surface area contributed by atoms with Gasteiger partial charge in [0.15, 0.2) is 0 Å². The number of fused-ring (bicyclic) bond motifs is 28. The SMILES string of the molecule is C[C@H]1CCC2C3CC[C@@H]4C[C@@H](O)CC[C@]4(C)C3CC[C@@]21C.C[C@H]1CCC2C3CC[C@H]4C[C@@H](O)CC[C@]4(C)C3CC[C@@]21C.C[C@H]1CCC2C3C[C@@H](O)[C@@H]4C[C@@H](O)CC[C@]4(C)C3CC[C@@]21C.C[C@H]1CCC2C3C[C@@H]4C[C@@]45C[C@@H](O)CC[C@]5(C)C3CC[C@@]21C.C[C@H]1CCC2C3C[C@H](O)[C@H]4C[C@@H](O)CC[C@]4(C)C3CC[C@@]21C.C[C@H]1CCC2C3C[C@H]4C[C@]45C[C@@H](O)CC[C@]5(C)C3CC[C@@]21C. The Kier molecular flexibility index (Phi) is 24.8. The van der Waals surface area contributed by atoms with E-state index in [0.29, 0.717) is 76.8 Å². The Morgan fingerprint density at radius 3 is 0.692 bits per heavy atom. The monoisotopic (exact) mass is 1800 g/mol. The van der Waals surface area contributed by atoms with Crippen LogP contribution in [0.4, 0.5) is 0 Å². The summed E-state index contributed by atoms with van der Waals surface area (Å²) in [6.07, 6.45) is 67.5. The first-order valence-electron chi connectivity index (χ1n) is 58.9. The molecular weight excluding hydrogens is 1590 g/mol. The van der Waals surface area contributed by atoms with Crippen LogP contribution in [0.5, 0.6) is 0 Å². The summed E-state index contributed by atoms with van der Waals surface area (Å²) in [5.41, 5.74) is 7.55. The fraction of sp³-hybridized carbons (Fsp3) is 1.00. The largest absolute Gasteiger partial charge is 0.393 e. The molecule has 130 heavy (non-hydrogen) atoms. The van der Waals surface area contributed by atoms with Gasteiger partial charge in [-0.15, -0.1) is 0 Å². The second-order valence-electron chi connectivity index (χ2n) is 59.7. The predicted molar refractivity (Wildman–Crippen MR) is 529 cm³/mol. The molecule has 0 saturated heterocycles. The third-order valence-corrected chi connectivity index (χ3v) is 57.0. The highest BCUT2D eigenvalue weighted by atomic mass is 16.3. The van der Waals surface area contributed by atoms with Crippen LogP contribution in [0, 0.1) is 253 Å². The van der Waals surface area contributed by atoms with E-state index in [1.807, 2.05) is 0 Å². The van der Waals surface area contributed by atoms with Gasteiger partial charge in [-0.2, -0.15) is 0 Å². The summed E-state index contributed by atoms with van der Waals surface area (Å²) in [5, 5.41) is 82.7. The van der Waals surface area contributed by atoms with Gasteiger partial charge < -0.3 is 40.9 Å². The maximum atomic E-state index is 10.9. The van der Waals surface area contributed by atoms with Crippen LogP contribution in [0.1, 0.15) is 459 Å². The molecule has 8 nitrogen and oxygen atoms in total. The van der Waals surface area contributed by atoms with E-state index < -0.39 is 0 Å². The highest BCUT2D eigenvalue weighted by Gasteiger charge is 2.77. The van der Waals surface area contributed by atoms with E-state index in [1.54, 1.807) is 0 Å². The molecule has 8 N–H and O–H groups in total. The molecule has 0 radical (unpaired) electrons. The van der Waals surface area contributed by atoms with Gasteiger partial charge in [-0.05, 0) is 587 Å². The van der Waals surface area contributed by atoms with Crippen LogP contribution in [-0.4, -0.2) is 89.7 Å². The van der Waals surface area contributed by atoms with Gasteiger partial charge in [-0.3, -0.25) is 0 Å². The molecule has 52 atom stereocenters. The maximum absolute atomic E-state index is 10.9. The fourth-order valence-electron chi connectivity index (χ4n) is 47.4. The number of hydrogen-bond donors (Lipinski definition) is 8. The number of rotatable bonds is 0. The van der Waals surface area contributed by atoms with Crippen molar-refractivity contribution in [2.75, 3.05) is 0 Å². The van der Waals surface area contributed by atoms with Gasteiger partial charge in [0.05, 0.1) is 48.8 Å².